The monoisotopic (exact) mass is 261 g/mol. The minimum atomic E-state index is -1.32. The molecule has 0 unspecified atom stereocenters. The van der Waals surface area contributed by atoms with E-state index in [2.05, 4.69) is 5.32 Å². The van der Waals surface area contributed by atoms with Gasteiger partial charge >= 0.3 is 5.97 Å². The fourth-order valence-electron chi connectivity index (χ4n) is 1.70. The first kappa shape index (κ1) is 12.9. The molecule has 19 heavy (non-hydrogen) atoms. The summed E-state index contributed by atoms with van der Waals surface area (Å²) in [7, 11) is 1.53. The molecule has 2 rings (SSSR count). The lowest BCUT2D eigenvalue weighted by Crippen LogP contribution is -2.05. The van der Waals surface area contributed by atoms with Crippen LogP contribution >= 0.6 is 0 Å². The van der Waals surface area contributed by atoms with Crippen molar-refractivity contribution in [2.75, 3.05) is 12.4 Å². The number of halogens is 1. The Labute approximate surface area is 109 Å². The topological polar surface area (TPSA) is 58.6 Å². The van der Waals surface area contributed by atoms with E-state index in [0.29, 0.717) is 11.4 Å². The first-order valence-electron chi connectivity index (χ1n) is 5.54. The van der Waals surface area contributed by atoms with Crippen LogP contribution in [0.2, 0.25) is 0 Å². The van der Waals surface area contributed by atoms with Crippen LogP contribution in [0.5, 0.6) is 5.75 Å². The molecule has 98 valence electrons. The Morgan fingerprint density at radius 3 is 2.68 bits per heavy atom. The van der Waals surface area contributed by atoms with E-state index in [1.807, 2.05) is 0 Å². The molecule has 0 spiro atoms. The number of methoxy groups -OCH3 is 1. The highest BCUT2D eigenvalue weighted by atomic mass is 19.1. The maximum atomic E-state index is 13.5. The van der Waals surface area contributed by atoms with Crippen LogP contribution in [0.15, 0.2) is 42.5 Å². The zero-order valence-electron chi connectivity index (χ0n) is 10.2. The van der Waals surface area contributed by atoms with Crippen molar-refractivity contribution >= 4 is 17.3 Å². The second-order valence-corrected chi connectivity index (χ2v) is 3.82. The quantitative estimate of drug-likeness (QED) is 0.886. The van der Waals surface area contributed by atoms with Gasteiger partial charge in [0.05, 0.1) is 12.8 Å². The number of hydrogen-bond acceptors (Lipinski definition) is 3. The highest BCUT2D eigenvalue weighted by Crippen LogP contribution is 2.25. The molecule has 0 aromatic heterocycles. The summed E-state index contributed by atoms with van der Waals surface area (Å²) in [4.78, 5) is 11.1. The van der Waals surface area contributed by atoms with Gasteiger partial charge in [-0.2, -0.15) is 0 Å². The van der Waals surface area contributed by atoms with Crippen LogP contribution in [-0.2, 0) is 0 Å². The fourth-order valence-corrected chi connectivity index (χ4v) is 1.70. The van der Waals surface area contributed by atoms with Crippen molar-refractivity contribution in [2.24, 2.45) is 0 Å². The molecule has 4 nitrogen and oxygen atoms in total. The Hall–Kier alpha value is -2.56. The van der Waals surface area contributed by atoms with E-state index in [4.69, 9.17) is 9.84 Å². The third-order valence-corrected chi connectivity index (χ3v) is 2.58. The second-order valence-electron chi connectivity index (χ2n) is 3.82. The molecule has 0 saturated carbocycles. The number of carbonyl (C=O) groups is 1. The molecule has 0 amide bonds. The molecule has 0 atom stereocenters. The average molecular weight is 261 g/mol. The Morgan fingerprint density at radius 2 is 2.00 bits per heavy atom. The van der Waals surface area contributed by atoms with Gasteiger partial charge in [0.2, 0.25) is 0 Å². The third kappa shape index (κ3) is 2.82. The lowest BCUT2D eigenvalue weighted by Gasteiger charge is -2.11. The van der Waals surface area contributed by atoms with E-state index in [0.717, 1.165) is 6.07 Å². The number of carboxylic acid groups (broad SMARTS) is 1. The van der Waals surface area contributed by atoms with Crippen molar-refractivity contribution < 1.29 is 19.0 Å². The van der Waals surface area contributed by atoms with Crippen LogP contribution in [0.3, 0.4) is 0 Å². The largest absolute Gasteiger partial charge is 0.497 e. The maximum Gasteiger partial charge on any atom is 0.340 e. The predicted molar refractivity (Wildman–Crippen MR) is 69.6 cm³/mol. The van der Waals surface area contributed by atoms with Gasteiger partial charge in [-0.1, -0.05) is 12.1 Å². The van der Waals surface area contributed by atoms with Crippen LogP contribution in [0.1, 0.15) is 10.4 Å². The predicted octanol–water partition coefficient (Wildman–Crippen LogP) is 3.28. The highest BCUT2D eigenvalue weighted by molar-refractivity contribution is 5.95. The van der Waals surface area contributed by atoms with Crippen LogP contribution in [-0.4, -0.2) is 18.2 Å². The van der Waals surface area contributed by atoms with E-state index >= 15 is 0 Å². The normalized spacial score (nSPS) is 10.0. The van der Waals surface area contributed by atoms with Gasteiger partial charge in [-0.3, -0.25) is 0 Å². The van der Waals surface area contributed by atoms with Crippen molar-refractivity contribution in [1.29, 1.82) is 0 Å². The minimum Gasteiger partial charge on any atom is -0.497 e. The van der Waals surface area contributed by atoms with Gasteiger partial charge in [-0.05, 0) is 24.3 Å². The second kappa shape index (κ2) is 5.39. The first-order valence-corrected chi connectivity index (χ1v) is 5.54. The first-order chi connectivity index (χ1) is 9.11. The van der Waals surface area contributed by atoms with Gasteiger partial charge in [0.15, 0.2) is 0 Å². The summed E-state index contributed by atoms with van der Waals surface area (Å²) in [6.07, 6.45) is 0. The zero-order chi connectivity index (χ0) is 13.8. The number of hydrogen-bond donors (Lipinski definition) is 2. The van der Waals surface area contributed by atoms with E-state index in [-0.39, 0.29) is 11.3 Å². The molecule has 0 aliphatic rings. The number of anilines is 2. The summed E-state index contributed by atoms with van der Waals surface area (Å²) >= 11 is 0. The molecule has 0 saturated heterocycles. The van der Waals surface area contributed by atoms with Crippen molar-refractivity contribution in [1.82, 2.24) is 0 Å². The third-order valence-electron chi connectivity index (χ3n) is 2.58. The molecule has 0 heterocycles. The molecular weight excluding hydrogens is 249 g/mol. The van der Waals surface area contributed by atoms with Gasteiger partial charge < -0.3 is 15.2 Å². The minimum absolute atomic E-state index is 0.195. The molecule has 2 aromatic rings. The number of ether oxygens (including phenoxy) is 1. The standard InChI is InChI=1S/C14H12FNO3/c1-19-10-5-2-4-9(8-10)16-12-7-3-6-11(15)13(12)14(17)18/h2-8,16H,1H3,(H,17,18). The van der Waals surface area contributed by atoms with Crippen LogP contribution < -0.4 is 10.1 Å². The Morgan fingerprint density at radius 1 is 1.26 bits per heavy atom. The molecule has 2 N–H and O–H groups in total. The number of carboxylic acids is 1. The van der Waals surface area contributed by atoms with Crippen LogP contribution in [0.25, 0.3) is 0 Å². The van der Waals surface area contributed by atoms with Gasteiger partial charge in [0.1, 0.15) is 17.1 Å². The summed E-state index contributed by atoms with van der Waals surface area (Å²) < 4.78 is 18.6. The maximum absolute atomic E-state index is 13.5. The highest BCUT2D eigenvalue weighted by Gasteiger charge is 2.15. The van der Waals surface area contributed by atoms with E-state index in [9.17, 15) is 9.18 Å². The van der Waals surface area contributed by atoms with Gasteiger partial charge in [-0.15, -0.1) is 0 Å². The number of benzene rings is 2. The summed E-state index contributed by atoms with van der Waals surface area (Å²) in [6, 6.07) is 11.0. The molecular formula is C14H12FNO3. The molecule has 2 aromatic carbocycles. The SMILES string of the molecule is COc1cccc(Nc2cccc(F)c2C(=O)O)c1. The fraction of sp³-hybridized carbons (Fsp3) is 0.0714. The van der Waals surface area contributed by atoms with Crippen molar-refractivity contribution in [3.8, 4) is 5.75 Å². The van der Waals surface area contributed by atoms with Crippen molar-refractivity contribution in [2.45, 2.75) is 0 Å². The number of nitrogens with one attached hydrogen (secondary N) is 1. The molecule has 0 fully saturated rings. The smallest absolute Gasteiger partial charge is 0.340 e. The average Bonchev–Trinajstić information content (AvgIpc) is 2.38. The van der Waals surface area contributed by atoms with E-state index < -0.39 is 11.8 Å². The molecule has 0 aliphatic carbocycles. The summed E-state index contributed by atoms with van der Waals surface area (Å²) in [6.45, 7) is 0. The van der Waals surface area contributed by atoms with Gasteiger partial charge in [0.25, 0.3) is 0 Å². The van der Waals surface area contributed by atoms with Gasteiger partial charge in [0, 0.05) is 11.8 Å². The van der Waals surface area contributed by atoms with Crippen LogP contribution in [0, 0.1) is 5.82 Å². The molecule has 0 radical (unpaired) electrons. The Kier molecular flexibility index (Phi) is 3.66. The van der Waals surface area contributed by atoms with Crippen molar-refractivity contribution in [3.05, 3.63) is 53.8 Å². The van der Waals surface area contributed by atoms with Gasteiger partial charge in [-0.25, -0.2) is 9.18 Å². The number of rotatable bonds is 4. The molecule has 0 bridgehead atoms. The van der Waals surface area contributed by atoms with Crippen molar-refractivity contribution in [3.63, 3.8) is 0 Å². The summed E-state index contributed by atoms with van der Waals surface area (Å²) in [5.74, 6) is -1.47. The lowest BCUT2D eigenvalue weighted by molar-refractivity contribution is 0.0693. The Balaban J connectivity index is 2.38. The number of aromatic carboxylic acids is 1. The van der Waals surface area contributed by atoms with Crippen LogP contribution in [0.4, 0.5) is 15.8 Å². The molecule has 5 heteroatoms. The van der Waals surface area contributed by atoms with E-state index in [1.54, 1.807) is 24.3 Å². The Bertz CT molecular complexity index is 613. The molecule has 0 aliphatic heterocycles. The van der Waals surface area contributed by atoms with E-state index in [1.165, 1.54) is 19.2 Å². The summed E-state index contributed by atoms with van der Waals surface area (Å²) in [5.41, 5.74) is 0.429. The summed E-state index contributed by atoms with van der Waals surface area (Å²) in [5, 5.41) is 11.9. The zero-order valence-corrected chi connectivity index (χ0v) is 10.2. The lowest BCUT2D eigenvalue weighted by atomic mass is 10.1.